The number of nitrogens with zero attached hydrogens (tertiary/aromatic N) is 1. The van der Waals surface area contributed by atoms with Crippen LogP contribution in [0.1, 0.15) is 6.92 Å². The first-order valence-corrected chi connectivity index (χ1v) is 4.73. The molecule has 0 saturated carbocycles. The van der Waals surface area contributed by atoms with Crippen molar-refractivity contribution < 1.29 is 0 Å². The summed E-state index contributed by atoms with van der Waals surface area (Å²) in [4.78, 5) is 10.7. The van der Waals surface area contributed by atoms with E-state index in [1.165, 1.54) is 0 Å². The molecule has 0 spiro atoms. The van der Waals surface area contributed by atoms with Crippen LogP contribution in [0.5, 0.6) is 0 Å². The lowest BCUT2D eigenvalue weighted by atomic mass is 10.4. The Labute approximate surface area is 79.4 Å². The fourth-order valence-electron chi connectivity index (χ4n) is 0.856. The molecule has 1 aromatic heterocycles. The highest BCUT2D eigenvalue weighted by atomic mass is 127. The van der Waals surface area contributed by atoms with Crippen LogP contribution in [0.2, 0.25) is 0 Å². The van der Waals surface area contributed by atoms with Gasteiger partial charge in [0.05, 0.1) is 0 Å². The van der Waals surface area contributed by atoms with Crippen molar-refractivity contribution in [1.82, 2.24) is 4.57 Å². The summed E-state index contributed by atoms with van der Waals surface area (Å²) in [6.45, 7) is 3.10. The average molecular weight is 263 g/mol. The molecule has 3 heteroatoms. The van der Waals surface area contributed by atoms with E-state index >= 15 is 0 Å². The van der Waals surface area contributed by atoms with Gasteiger partial charge in [-0.05, 0) is 0 Å². The zero-order chi connectivity index (χ0) is 8.27. The van der Waals surface area contributed by atoms with Gasteiger partial charge in [0.2, 0.25) is 0 Å². The SMILES string of the molecule is CC(I)Cn1ccc(=O)cc1. The van der Waals surface area contributed by atoms with Crippen molar-refractivity contribution in [2.24, 2.45) is 0 Å². The van der Waals surface area contributed by atoms with Crippen LogP contribution in [-0.4, -0.2) is 8.49 Å². The van der Waals surface area contributed by atoms with Gasteiger partial charge >= 0.3 is 0 Å². The van der Waals surface area contributed by atoms with Crippen LogP contribution < -0.4 is 5.43 Å². The Morgan fingerprint density at radius 1 is 1.55 bits per heavy atom. The lowest BCUT2D eigenvalue weighted by molar-refractivity contribution is 0.700. The topological polar surface area (TPSA) is 22.0 Å². The third kappa shape index (κ3) is 3.05. The van der Waals surface area contributed by atoms with Crippen LogP contribution >= 0.6 is 22.6 Å². The van der Waals surface area contributed by atoms with Crippen LogP contribution in [-0.2, 0) is 6.54 Å². The van der Waals surface area contributed by atoms with Gasteiger partial charge in [-0.25, -0.2) is 0 Å². The second-order valence-corrected chi connectivity index (χ2v) is 4.64. The number of alkyl halides is 1. The molecular weight excluding hydrogens is 253 g/mol. The molecule has 1 rings (SSSR count). The molecule has 0 aliphatic carbocycles. The van der Waals surface area contributed by atoms with E-state index in [-0.39, 0.29) is 5.43 Å². The number of halogens is 1. The molecule has 1 heterocycles. The maximum atomic E-state index is 10.7. The first kappa shape index (κ1) is 8.77. The zero-order valence-electron chi connectivity index (χ0n) is 6.33. The summed E-state index contributed by atoms with van der Waals surface area (Å²) < 4.78 is 2.61. The minimum Gasteiger partial charge on any atom is -0.353 e. The summed E-state index contributed by atoms with van der Waals surface area (Å²) in [5.74, 6) is 0. The molecule has 0 fully saturated rings. The molecule has 0 aromatic carbocycles. The molecule has 2 nitrogen and oxygen atoms in total. The largest absolute Gasteiger partial charge is 0.353 e. The van der Waals surface area contributed by atoms with E-state index in [1.807, 2.05) is 17.0 Å². The van der Waals surface area contributed by atoms with Crippen LogP contribution in [0.4, 0.5) is 0 Å². The number of hydrogen-bond donors (Lipinski definition) is 0. The molecule has 0 aliphatic heterocycles. The molecule has 0 N–H and O–H groups in total. The maximum absolute atomic E-state index is 10.7. The van der Waals surface area contributed by atoms with Gasteiger partial charge in [-0.15, -0.1) is 0 Å². The van der Waals surface area contributed by atoms with Crippen molar-refractivity contribution in [2.45, 2.75) is 17.4 Å². The van der Waals surface area contributed by atoms with E-state index in [0.717, 1.165) is 6.54 Å². The molecule has 1 atom stereocenters. The molecule has 0 aliphatic rings. The Balaban J connectivity index is 2.74. The molecule has 1 aromatic rings. The van der Waals surface area contributed by atoms with E-state index < -0.39 is 0 Å². The number of aromatic nitrogens is 1. The molecule has 1 unspecified atom stereocenters. The Morgan fingerprint density at radius 3 is 2.55 bits per heavy atom. The highest BCUT2D eigenvalue weighted by molar-refractivity contribution is 14.1. The zero-order valence-corrected chi connectivity index (χ0v) is 8.48. The van der Waals surface area contributed by atoms with Gasteiger partial charge in [-0.1, -0.05) is 29.5 Å². The van der Waals surface area contributed by atoms with Gasteiger partial charge < -0.3 is 4.57 Å². The van der Waals surface area contributed by atoms with Gasteiger partial charge in [-0.3, -0.25) is 4.79 Å². The summed E-state index contributed by atoms with van der Waals surface area (Å²) in [5.41, 5.74) is 0.0716. The Morgan fingerprint density at radius 2 is 2.09 bits per heavy atom. The molecule has 0 saturated heterocycles. The van der Waals surface area contributed by atoms with E-state index in [1.54, 1.807) is 12.1 Å². The number of pyridine rings is 1. The first-order chi connectivity index (χ1) is 5.18. The fourth-order valence-corrected chi connectivity index (χ4v) is 1.31. The van der Waals surface area contributed by atoms with Crippen molar-refractivity contribution in [3.8, 4) is 0 Å². The monoisotopic (exact) mass is 263 g/mol. The fraction of sp³-hybridized carbons (Fsp3) is 0.375. The van der Waals surface area contributed by atoms with Crippen molar-refractivity contribution in [3.05, 3.63) is 34.7 Å². The molecule has 60 valence electrons. The van der Waals surface area contributed by atoms with Crippen LogP contribution in [0.25, 0.3) is 0 Å². The van der Waals surface area contributed by atoms with E-state index in [0.29, 0.717) is 3.92 Å². The summed E-state index contributed by atoms with van der Waals surface area (Å²) in [6, 6.07) is 3.16. The van der Waals surface area contributed by atoms with Gasteiger partial charge in [0.1, 0.15) is 0 Å². The lowest BCUT2D eigenvalue weighted by Gasteiger charge is -2.06. The summed E-state index contributed by atoms with van der Waals surface area (Å²) >= 11 is 2.36. The standard InChI is InChI=1S/C8H10INO/c1-7(9)6-10-4-2-8(11)3-5-10/h2-5,7H,6H2,1H3. The highest BCUT2D eigenvalue weighted by Crippen LogP contribution is 2.01. The minimum atomic E-state index is 0.0716. The molecule has 0 bridgehead atoms. The summed E-state index contributed by atoms with van der Waals surface area (Å²) in [7, 11) is 0. The van der Waals surface area contributed by atoms with E-state index in [4.69, 9.17) is 0 Å². The maximum Gasteiger partial charge on any atom is 0.181 e. The third-order valence-electron chi connectivity index (χ3n) is 1.32. The third-order valence-corrected chi connectivity index (χ3v) is 1.72. The smallest absolute Gasteiger partial charge is 0.181 e. The summed E-state index contributed by atoms with van der Waals surface area (Å²) in [6.07, 6.45) is 3.63. The molecule has 11 heavy (non-hydrogen) atoms. The van der Waals surface area contributed by atoms with Crippen molar-refractivity contribution in [3.63, 3.8) is 0 Å². The van der Waals surface area contributed by atoms with Crippen molar-refractivity contribution >= 4 is 22.6 Å². The highest BCUT2D eigenvalue weighted by Gasteiger charge is 1.94. The lowest BCUT2D eigenvalue weighted by Crippen LogP contribution is -2.08. The first-order valence-electron chi connectivity index (χ1n) is 3.48. The van der Waals surface area contributed by atoms with E-state index in [2.05, 4.69) is 29.5 Å². The Hall–Kier alpha value is -0.320. The van der Waals surface area contributed by atoms with Gasteiger partial charge in [-0.2, -0.15) is 0 Å². The predicted molar refractivity (Wildman–Crippen MR) is 54.2 cm³/mol. The summed E-state index contributed by atoms with van der Waals surface area (Å²) in [5, 5.41) is 0. The minimum absolute atomic E-state index is 0.0716. The predicted octanol–water partition coefficient (Wildman–Crippen LogP) is 1.67. The second kappa shape index (κ2) is 3.90. The van der Waals surface area contributed by atoms with Crippen LogP contribution in [0.3, 0.4) is 0 Å². The van der Waals surface area contributed by atoms with Crippen molar-refractivity contribution in [1.29, 1.82) is 0 Å². The average Bonchev–Trinajstić information content (AvgIpc) is 1.93. The second-order valence-electron chi connectivity index (χ2n) is 2.51. The number of hydrogen-bond acceptors (Lipinski definition) is 1. The molecule has 0 radical (unpaired) electrons. The number of rotatable bonds is 2. The van der Waals surface area contributed by atoms with Gasteiger partial charge in [0.15, 0.2) is 5.43 Å². The Bertz CT molecular complexity index is 259. The quantitative estimate of drug-likeness (QED) is 0.587. The normalized spacial score (nSPS) is 12.9. The van der Waals surface area contributed by atoms with Crippen LogP contribution in [0.15, 0.2) is 29.3 Å². The van der Waals surface area contributed by atoms with Crippen LogP contribution in [0, 0.1) is 0 Å². The van der Waals surface area contributed by atoms with E-state index in [9.17, 15) is 4.79 Å². The van der Waals surface area contributed by atoms with Gasteiger partial charge in [0.25, 0.3) is 0 Å². The van der Waals surface area contributed by atoms with Crippen molar-refractivity contribution in [2.75, 3.05) is 0 Å². The van der Waals surface area contributed by atoms with Gasteiger partial charge in [0, 0.05) is 35.0 Å². The molecular formula is C8H10INO. The Kier molecular flexibility index (Phi) is 3.11. The molecule has 0 amide bonds.